The van der Waals surface area contributed by atoms with Crippen LogP contribution in [0.2, 0.25) is 0 Å². The van der Waals surface area contributed by atoms with Crippen LogP contribution in [0.25, 0.3) is 0 Å². The maximum Gasteiger partial charge on any atom is 0.234 e. The second-order valence-electron chi connectivity index (χ2n) is 7.13. The first-order valence-electron chi connectivity index (χ1n) is 9.30. The zero-order valence-corrected chi connectivity index (χ0v) is 15.1. The third-order valence-corrected chi connectivity index (χ3v) is 4.94. The van der Waals surface area contributed by atoms with E-state index in [0.29, 0.717) is 25.0 Å². The van der Waals surface area contributed by atoms with Crippen LogP contribution >= 0.6 is 0 Å². The van der Waals surface area contributed by atoms with E-state index in [2.05, 4.69) is 48.3 Å². The van der Waals surface area contributed by atoms with E-state index in [9.17, 15) is 4.79 Å². The second-order valence-corrected chi connectivity index (χ2v) is 7.13. The Bertz CT molecular complexity index is 497. The van der Waals surface area contributed by atoms with Crippen LogP contribution in [-0.2, 0) is 11.2 Å². The zero-order chi connectivity index (χ0) is 17.4. The topological polar surface area (TPSA) is 52.6 Å². The molecule has 1 heterocycles. The minimum absolute atomic E-state index is 0.0960. The van der Waals surface area contributed by atoms with Crippen molar-refractivity contribution in [2.75, 3.05) is 26.2 Å². The molecule has 0 aromatic heterocycles. The molecule has 134 valence electrons. The van der Waals surface area contributed by atoms with Gasteiger partial charge in [0.1, 0.15) is 0 Å². The Hall–Kier alpha value is -1.39. The molecule has 1 fully saturated rings. The molecule has 0 spiro atoms. The number of hydrogen-bond acceptors (Lipinski definition) is 3. The number of nitrogens with one attached hydrogen (secondary N) is 1. The molecule has 1 aromatic rings. The summed E-state index contributed by atoms with van der Waals surface area (Å²) < 4.78 is 0. The molecular formula is C20H32N2O2. The normalized spacial score (nSPS) is 18.8. The summed E-state index contributed by atoms with van der Waals surface area (Å²) in [5.41, 5.74) is 2.61. The van der Waals surface area contributed by atoms with Gasteiger partial charge >= 0.3 is 0 Å². The van der Waals surface area contributed by atoms with Gasteiger partial charge in [-0.2, -0.15) is 0 Å². The third kappa shape index (κ3) is 5.91. The fraction of sp³-hybridized carbons (Fsp3) is 0.650. The molecule has 0 aliphatic carbocycles. The number of nitrogens with zero attached hydrogens (tertiary/aromatic N) is 1. The molecule has 1 aliphatic rings. The second kappa shape index (κ2) is 9.80. The van der Waals surface area contributed by atoms with E-state index < -0.39 is 0 Å². The maximum absolute atomic E-state index is 12.2. The van der Waals surface area contributed by atoms with Gasteiger partial charge in [-0.3, -0.25) is 9.69 Å². The van der Waals surface area contributed by atoms with Crippen LogP contribution in [0.3, 0.4) is 0 Å². The Morgan fingerprint density at radius 3 is 2.71 bits per heavy atom. The number of piperidine rings is 1. The minimum Gasteiger partial charge on any atom is -0.396 e. The SMILES string of the molecule is CC(C)c1ccc(CCNC(=O)CN2CCCCC2CCO)cc1. The van der Waals surface area contributed by atoms with Crippen LogP contribution < -0.4 is 5.32 Å². The number of carbonyl (C=O) groups excluding carboxylic acids is 1. The number of amides is 1. The van der Waals surface area contributed by atoms with Crippen molar-refractivity contribution in [3.63, 3.8) is 0 Å². The summed E-state index contributed by atoms with van der Waals surface area (Å²) in [6, 6.07) is 9.02. The first-order chi connectivity index (χ1) is 11.6. The van der Waals surface area contributed by atoms with E-state index in [1.54, 1.807) is 0 Å². The molecule has 4 heteroatoms. The highest BCUT2D eigenvalue weighted by Crippen LogP contribution is 2.19. The van der Waals surface area contributed by atoms with Gasteiger partial charge in [0.15, 0.2) is 0 Å². The van der Waals surface area contributed by atoms with Crippen LogP contribution in [-0.4, -0.2) is 48.2 Å². The highest BCUT2D eigenvalue weighted by Gasteiger charge is 2.23. The predicted molar refractivity (Wildman–Crippen MR) is 98.2 cm³/mol. The van der Waals surface area contributed by atoms with Gasteiger partial charge in [0.2, 0.25) is 5.91 Å². The highest BCUT2D eigenvalue weighted by molar-refractivity contribution is 5.78. The summed E-state index contributed by atoms with van der Waals surface area (Å²) in [5, 5.41) is 12.2. The molecule has 24 heavy (non-hydrogen) atoms. The Balaban J connectivity index is 1.72. The molecule has 1 amide bonds. The Morgan fingerprint density at radius 1 is 1.29 bits per heavy atom. The van der Waals surface area contributed by atoms with Gasteiger partial charge in [-0.25, -0.2) is 0 Å². The van der Waals surface area contributed by atoms with Crippen LogP contribution in [0.5, 0.6) is 0 Å². The smallest absolute Gasteiger partial charge is 0.234 e. The fourth-order valence-corrected chi connectivity index (χ4v) is 3.40. The zero-order valence-electron chi connectivity index (χ0n) is 15.1. The van der Waals surface area contributed by atoms with Gasteiger partial charge in [0.05, 0.1) is 6.54 Å². The van der Waals surface area contributed by atoms with Crippen molar-refractivity contribution < 1.29 is 9.90 Å². The van der Waals surface area contributed by atoms with E-state index in [4.69, 9.17) is 5.11 Å². The summed E-state index contributed by atoms with van der Waals surface area (Å²) in [7, 11) is 0. The van der Waals surface area contributed by atoms with Crippen molar-refractivity contribution in [3.8, 4) is 0 Å². The number of aliphatic hydroxyl groups is 1. The fourth-order valence-electron chi connectivity index (χ4n) is 3.40. The van der Waals surface area contributed by atoms with Crippen LogP contribution in [0.1, 0.15) is 56.6 Å². The van der Waals surface area contributed by atoms with E-state index in [1.807, 2.05) is 0 Å². The summed E-state index contributed by atoms with van der Waals surface area (Å²) >= 11 is 0. The number of benzene rings is 1. The summed E-state index contributed by atoms with van der Waals surface area (Å²) in [4.78, 5) is 14.4. The van der Waals surface area contributed by atoms with Crippen LogP contribution in [0.15, 0.2) is 24.3 Å². The molecular weight excluding hydrogens is 300 g/mol. The Labute approximate surface area is 146 Å². The lowest BCUT2D eigenvalue weighted by Gasteiger charge is -2.34. The number of carbonyl (C=O) groups is 1. The molecule has 2 rings (SSSR count). The average molecular weight is 332 g/mol. The van der Waals surface area contributed by atoms with Crippen molar-refractivity contribution >= 4 is 5.91 Å². The lowest BCUT2D eigenvalue weighted by molar-refractivity contribution is -0.123. The summed E-state index contributed by atoms with van der Waals surface area (Å²) in [5.74, 6) is 0.647. The number of hydrogen-bond donors (Lipinski definition) is 2. The lowest BCUT2D eigenvalue weighted by atomic mass is 9.99. The van der Waals surface area contributed by atoms with Gasteiger partial charge in [0, 0.05) is 19.2 Å². The molecule has 1 aliphatic heterocycles. The summed E-state index contributed by atoms with van der Waals surface area (Å²) in [6.45, 7) is 6.69. The molecule has 1 saturated heterocycles. The third-order valence-electron chi connectivity index (χ3n) is 4.94. The molecule has 2 N–H and O–H groups in total. The van der Waals surface area contributed by atoms with Crippen LogP contribution in [0.4, 0.5) is 0 Å². The molecule has 1 atom stereocenters. The highest BCUT2D eigenvalue weighted by atomic mass is 16.3. The number of aliphatic hydroxyl groups excluding tert-OH is 1. The Morgan fingerprint density at radius 2 is 2.04 bits per heavy atom. The van der Waals surface area contributed by atoms with Crippen molar-refractivity contribution in [1.29, 1.82) is 0 Å². The van der Waals surface area contributed by atoms with E-state index in [1.165, 1.54) is 17.5 Å². The van der Waals surface area contributed by atoms with Crippen molar-refractivity contribution in [3.05, 3.63) is 35.4 Å². The molecule has 1 aromatic carbocycles. The van der Waals surface area contributed by atoms with Gasteiger partial charge in [0.25, 0.3) is 0 Å². The lowest BCUT2D eigenvalue weighted by Crippen LogP contribution is -2.46. The average Bonchev–Trinajstić information content (AvgIpc) is 2.57. The number of rotatable bonds is 8. The van der Waals surface area contributed by atoms with Crippen molar-refractivity contribution in [2.45, 2.75) is 57.9 Å². The number of likely N-dealkylation sites (tertiary alicyclic amines) is 1. The maximum atomic E-state index is 12.2. The first-order valence-corrected chi connectivity index (χ1v) is 9.30. The van der Waals surface area contributed by atoms with Gasteiger partial charge in [-0.15, -0.1) is 0 Å². The molecule has 0 bridgehead atoms. The van der Waals surface area contributed by atoms with E-state index in [0.717, 1.165) is 32.2 Å². The first kappa shape index (κ1) is 18.9. The predicted octanol–water partition coefficient (Wildman–Crippen LogP) is 2.71. The van der Waals surface area contributed by atoms with Gasteiger partial charge < -0.3 is 10.4 Å². The summed E-state index contributed by atoms with van der Waals surface area (Å²) in [6.07, 6.45) is 5.09. The molecule has 0 saturated carbocycles. The van der Waals surface area contributed by atoms with Crippen molar-refractivity contribution in [2.24, 2.45) is 0 Å². The van der Waals surface area contributed by atoms with E-state index in [-0.39, 0.29) is 12.5 Å². The quantitative estimate of drug-likeness (QED) is 0.769. The van der Waals surface area contributed by atoms with Gasteiger partial charge in [-0.05, 0) is 49.3 Å². The molecule has 4 nitrogen and oxygen atoms in total. The van der Waals surface area contributed by atoms with Gasteiger partial charge in [-0.1, -0.05) is 44.5 Å². The standard InChI is InChI=1S/C20H32N2O2/c1-16(2)18-8-6-17(7-9-18)10-12-21-20(24)15-22-13-4-3-5-19(22)11-14-23/h6-9,16,19,23H,3-5,10-15H2,1-2H3,(H,21,24). The Kier molecular flexibility index (Phi) is 7.73. The minimum atomic E-state index is 0.0960. The monoisotopic (exact) mass is 332 g/mol. The molecule has 1 unspecified atom stereocenters. The van der Waals surface area contributed by atoms with Crippen LogP contribution in [0, 0.1) is 0 Å². The largest absolute Gasteiger partial charge is 0.396 e. The van der Waals surface area contributed by atoms with Crippen molar-refractivity contribution in [1.82, 2.24) is 10.2 Å². The molecule has 0 radical (unpaired) electrons. The van der Waals surface area contributed by atoms with E-state index >= 15 is 0 Å².